The molecule has 47 heavy (non-hydrogen) atoms. The molecule has 250 valence electrons. The standard InChI is InChI=1S/C37H45N2O8/c1-21-17-39(37(40)27-16-25-26(18-38(27)4)35(45-9)33(43-7)22(2)31(25)41-5)28(20-47-19-24-14-12-11-13-15-24)30-29(21)32(42-6)23(3)34(44-8)36(30)46-10/h11-15,17-18,27-28H,16,19-20H2,1-10H3/q+1. The van der Waals surface area contributed by atoms with Gasteiger partial charge in [-0.25, -0.2) is 4.58 Å². The van der Waals surface area contributed by atoms with Gasteiger partial charge in [0.1, 0.15) is 18.5 Å². The summed E-state index contributed by atoms with van der Waals surface area (Å²) in [4.78, 5) is 16.7. The second-order valence-corrected chi connectivity index (χ2v) is 11.7. The van der Waals surface area contributed by atoms with E-state index in [0.29, 0.717) is 47.5 Å². The van der Waals surface area contributed by atoms with Gasteiger partial charge in [-0.15, -0.1) is 0 Å². The Bertz CT molecular complexity index is 1730. The van der Waals surface area contributed by atoms with Crippen LogP contribution < -0.4 is 28.4 Å². The highest BCUT2D eigenvalue weighted by Gasteiger charge is 2.44. The molecular weight excluding hydrogens is 600 g/mol. The number of hydrogen-bond acceptors (Lipinski definition) is 8. The first-order chi connectivity index (χ1) is 22.7. The number of carbonyl (C=O) groups is 1. The molecule has 0 saturated heterocycles. The van der Waals surface area contributed by atoms with Crippen molar-refractivity contribution in [2.24, 2.45) is 0 Å². The van der Waals surface area contributed by atoms with Crippen molar-refractivity contribution in [1.29, 1.82) is 0 Å². The maximum absolute atomic E-state index is 14.9. The first-order valence-corrected chi connectivity index (χ1v) is 15.5. The Morgan fingerprint density at radius 3 is 1.96 bits per heavy atom. The predicted octanol–water partition coefficient (Wildman–Crippen LogP) is 5.50. The molecule has 3 aromatic rings. The molecule has 2 heterocycles. The zero-order chi connectivity index (χ0) is 34.0. The van der Waals surface area contributed by atoms with Crippen LogP contribution in [0.2, 0.25) is 0 Å². The molecule has 0 bridgehead atoms. The highest BCUT2D eigenvalue weighted by atomic mass is 16.5. The van der Waals surface area contributed by atoms with Crippen molar-refractivity contribution < 1.29 is 42.5 Å². The zero-order valence-corrected chi connectivity index (χ0v) is 29.0. The van der Waals surface area contributed by atoms with E-state index in [1.54, 1.807) is 47.6 Å². The lowest BCUT2D eigenvalue weighted by atomic mass is 9.86. The molecule has 2 aliphatic rings. The number of benzene rings is 3. The molecule has 10 heteroatoms. The highest BCUT2D eigenvalue weighted by molar-refractivity contribution is 5.93. The molecule has 5 rings (SSSR count). The Morgan fingerprint density at radius 1 is 0.787 bits per heavy atom. The number of fused-ring (bicyclic) bond motifs is 2. The second-order valence-electron chi connectivity index (χ2n) is 11.7. The van der Waals surface area contributed by atoms with Crippen LogP contribution in [-0.2, 0) is 22.6 Å². The van der Waals surface area contributed by atoms with Crippen LogP contribution in [-0.4, -0.2) is 84.0 Å². The minimum Gasteiger partial charge on any atom is -0.496 e. The van der Waals surface area contributed by atoms with Crippen molar-refractivity contribution in [2.45, 2.75) is 45.9 Å². The molecule has 3 aromatic carbocycles. The van der Waals surface area contributed by atoms with Crippen LogP contribution >= 0.6 is 0 Å². The van der Waals surface area contributed by atoms with E-state index in [9.17, 15) is 4.79 Å². The molecule has 0 radical (unpaired) electrons. The van der Waals surface area contributed by atoms with Crippen molar-refractivity contribution in [3.63, 3.8) is 0 Å². The minimum atomic E-state index is -0.559. The van der Waals surface area contributed by atoms with Gasteiger partial charge in [0.15, 0.2) is 29.2 Å². The van der Waals surface area contributed by atoms with E-state index >= 15 is 0 Å². The van der Waals surface area contributed by atoms with E-state index in [1.807, 2.05) is 75.1 Å². The van der Waals surface area contributed by atoms with Crippen LogP contribution in [0.1, 0.15) is 51.9 Å². The van der Waals surface area contributed by atoms with Crippen LogP contribution in [0.4, 0.5) is 0 Å². The van der Waals surface area contributed by atoms with E-state index in [1.165, 1.54) is 0 Å². The van der Waals surface area contributed by atoms with E-state index in [2.05, 4.69) is 0 Å². The minimum absolute atomic E-state index is 0.109. The topological polar surface area (TPSA) is 87.9 Å². The Labute approximate surface area is 277 Å². The van der Waals surface area contributed by atoms with Gasteiger partial charge in [0.05, 0.1) is 67.5 Å². The fourth-order valence-corrected chi connectivity index (χ4v) is 6.99. The summed E-state index contributed by atoms with van der Waals surface area (Å²) in [5.41, 5.74) is 6.85. The van der Waals surface area contributed by atoms with E-state index in [4.69, 9.17) is 33.2 Å². The number of nitrogens with zero attached hydrogens (tertiary/aromatic N) is 2. The first kappa shape index (κ1) is 33.7. The van der Waals surface area contributed by atoms with Gasteiger partial charge in [-0.1, -0.05) is 30.3 Å². The smallest absolute Gasteiger partial charge is 0.296 e. The molecule has 0 aromatic heterocycles. The fraction of sp³-hybridized carbons (Fsp3) is 0.405. The van der Waals surface area contributed by atoms with Crippen LogP contribution in [0, 0.1) is 13.8 Å². The van der Waals surface area contributed by atoms with Gasteiger partial charge in [-0.2, -0.15) is 0 Å². The fourth-order valence-electron chi connectivity index (χ4n) is 6.99. The van der Waals surface area contributed by atoms with Crippen LogP contribution in [0.3, 0.4) is 0 Å². The van der Waals surface area contributed by atoms with Crippen LogP contribution in [0.5, 0.6) is 34.5 Å². The molecule has 1 amide bonds. The third kappa shape index (κ3) is 5.75. The lowest BCUT2D eigenvalue weighted by molar-refractivity contribution is -0.521. The number of ether oxygens (including phenoxy) is 7. The summed E-state index contributed by atoms with van der Waals surface area (Å²) in [5, 5.41) is 0. The average molecular weight is 646 g/mol. The average Bonchev–Trinajstić information content (AvgIpc) is 3.08. The van der Waals surface area contributed by atoms with E-state index < -0.39 is 12.1 Å². The van der Waals surface area contributed by atoms with E-state index in [0.717, 1.165) is 44.5 Å². The lowest BCUT2D eigenvalue weighted by Crippen LogP contribution is -2.48. The summed E-state index contributed by atoms with van der Waals surface area (Å²) in [6.45, 7) is 6.42. The summed E-state index contributed by atoms with van der Waals surface area (Å²) in [6, 6.07) is 8.85. The second kappa shape index (κ2) is 14.0. The molecule has 10 nitrogen and oxygen atoms in total. The summed E-state index contributed by atoms with van der Waals surface area (Å²) in [5.74, 6) is 3.54. The molecule has 2 atom stereocenters. The Morgan fingerprint density at radius 2 is 1.36 bits per heavy atom. The zero-order valence-electron chi connectivity index (χ0n) is 29.0. The quantitative estimate of drug-likeness (QED) is 0.253. The van der Waals surface area contributed by atoms with E-state index in [-0.39, 0.29) is 12.5 Å². The Hall–Kier alpha value is -4.70. The molecule has 0 N–H and O–H groups in total. The number of rotatable bonds is 11. The maximum Gasteiger partial charge on any atom is 0.296 e. The number of likely N-dealkylation sites (N-methyl/N-ethyl adjacent to an activating group) is 1. The van der Waals surface area contributed by atoms with Crippen LogP contribution in [0.25, 0.3) is 5.57 Å². The first-order valence-electron chi connectivity index (χ1n) is 15.5. The number of hydrogen-bond donors (Lipinski definition) is 0. The van der Waals surface area contributed by atoms with Gasteiger partial charge in [0.2, 0.25) is 6.04 Å². The Balaban J connectivity index is 1.63. The van der Waals surface area contributed by atoms with Gasteiger partial charge in [0.25, 0.3) is 5.91 Å². The summed E-state index contributed by atoms with van der Waals surface area (Å²) >= 11 is 0. The lowest BCUT2D eigenvalue weighted by Gasteiger charge is -2.38. The molecule has 0 fully saturated rings. The number of amides is 1. The van der Waals surface area contributed by atoms with Gasteiger partial charge in [0, 0.05) is 40.4 Å². The monoisotopic (exact) mass is 645 g/mol. The summed E-state index contributed by atoms with van der Waals surface area (Å²) < 4.78 is 43.5. The number of methoxy groups -OCH3 is 6. The number of carbonyl (C=O) groups excluding carboxylic acids is 1. The molecule has 2 aliphatic heterocycles. The maximum atomic E-state index is 14.9. The molecule has 0 saturated carbocycles. The SMILES string of the molecule is COc1c(C)c(OC)c(OC)c2c1CC(C(=O)N1C=C(C)c3c(OC)c(C)c(OC)c(OC)c3C1COCc1ccccc1)[N+](C)=C2. The van der Waals surface area contributed by atoms with Gasteiger partial charge < -0.3 is 38.1 Å². The third-order valence-electron chi connectivity index (χ3n) is 9.13. The molecule has 2 unspecified atom stereocenters. The van der Waals surface area contributed by atoms with Crippen molar-refractivity contribution in [3.8, 4) is 34.5 Å². The third-order valence-corrected chi connectivity index (χ3v) is 9.13. The van der Waals surface area contributed by atoms with Crippen molar-refractivity contribution >= 4 is 17.7 Å². The predicted molar refractivity (Wildman–Crippen MR) is 180 cm³/mol. The van der Waals surface area contributed by atoms with Crippen LogP contribution in [0.15, 0.2) is 36.5 Å². The largest absolute Gasteiger partial charge is 0.496 e. The molecule has 0 spiro atoms. The van der Waals surface area contributed by atoms with Crippen molar-refractivity contribution in [1.82, 2.24) is 4.90 Å². The number of allylic oxidation sites excluding steroid dienone is 1. The summed E-state index contributed by atoms with van der Waals surface area (Å²) in [6.07, 6.45) is 4.21. The normalized spacial score (nSPS) is 16.8. The highest BCUT2D eigenvalue weighted by Crippen LogP contribution is 2.52. The van der Waals surface area contributed by atoms with Gasteiger partial charge in [-0.05, 0) is 31.9 Å². The summed E-state index contributed by atoms with van der Waals surface area (Å²) in [7, 11) is 11.6. The van der Waals surface area contributed by atoms with Gasteiger partial charge in [-0.3, -0.25) is 4.79 Å². The Kier molecular flexibility index (Phi) is 10.0. The van der Waals surface area contributed by atoms with Crippen molar-refractivity contribution in [3.05, 3.63) is 75.5 Å². The molecule has 0 aliphatic carbocycles. The van der Waals surface area contributed by atoms with Crippen molar-refractivity contribution in [2.75, 3.05) is 56.3 Å². The van der Waals surface area contributed by atoms with Gasteiger partial charge >= 0.3 is 0 Å². The molecular formula is C37H45N2O8+.